The Bertz CT molecular complexity index is 703. The molecule has 1 aliphatic heterocycles. The van der Waals surface area contributed by atoms with E-state index in [1.54, 1.807) is 18.2 Å². The van der Waals surface area contributed by atoms with Gasteiger partial charge in [0.05, 0.1) is 19.8 Å². The fourth-order valence-electron chi connectivity index (χ4n) is 2.71. The first kappa shape index (κ1) is 16.5. The standard InChI is InChI=1S/C18H21N3O3/c1-13-7-8-19-17(20-13)16-11-21(9-10-24-16)18(22)15-5-3-14(4-6-15)12-23-2/h3-8,16H,9-12H2,1-2H3. The Hall–Kier alpha value is -2.31. The van der Waals surface area contributed by atoms with Crippen LogP contribution in [-0.4, -0.2) is 47.6 Å². The van der Waals surface area contributed by atoms with Crippen molar-refractivity contribution in [2.45, 2.75) is 19.6 Å². The van der Waals surface area contributed by atoms with Crippen molar-refractivity contribution in [2.75, 3.05) is 26.8 Å². The van der Waals surface area contributed by atoms with E-state index >= 15 is 0 Å². The summed E-state index contributed by atoms with van der Waals surface area (Å²) in [5, 5.41) is 0. The molecule has 6 nitrogen and oxygen atoms in total. The number of aromatic nitrogens is 2. The maximum Gasteiger partial charge on any atom is 0.254 e. The highest BCUT2D eigenvalue weighted by atomic mass is 16.5. The fraction of sp³-hybridized carbons (Fsp3) is 0.389. The van der Waals surface area contributed by atoms with Gasteiger partial charge in [0, 0.05) is 31.1 Å². The van der Waals surface area contributed by atoms with Crippen LogP contribution in [-0.2, 0) is 16.1 Å². The minimum absolute atomic E-state index is 0.0000742. The lowest BCUT2D eigenvalue weighted by atomic mass is 10.1. The Labute approximate surface area is 141 Å². The number of nitrogens with zero attached hydrogens (tertiary/aromatic N) is 3. The molecular formula is C18H21N3O3. The van der Waals surface area contributed by atoms with E-state index in [0.29, 0.717) is 37.7 Å². The van der Waals surface area contributed by atoms with Crippen molar-refractivity contribution in [2.24, 2.45) is 0 Å². The Morgan fingerprint density at radius 3 is 2.83 bits per heavy atom. The number of carbonyl (C=O) groups excluding carboxylic acids is 1. The number of aryl methyl sites for hydroxylation is 1. The minimum Gasteiger partial charge on any atom is -0.380 e. The van der Waals surface area contributed by atoms with Gasteiger partial charge < -0.3 is 14.4 Å². The molecule has 6 heteroatoms. The first-order valence-electron chi connectivity index (χ1n) is 7.95. The molecule has 1 unspecified atom stereocenters. The van der Waals surface area contributed by atoms with E-state index in [0.717, 1.165) is 11.3 Å². The van der Waals surface area contributed by atoms with Crippen LogP contribution in [0.2, 0.25) is 0 Å². The summed E-state index contributed by atoms with van der Waals surface area (Å²) in [5.41, 5.74) is 2.60. The minimum atomic E-state index is -0.282. The van der Waals surface area contributed by atoms with Gasteiger partial charge in [0.2, 0.25) is 0 Å². The molecule has 0 saturated carbocycles. The van der Waals surface area contributed by atoms with Crippen molar-refractivity contribution in [3.63, 3.8) is 0 Å². The van der Waals surface area contributed by atoms with Gasteiger partial charge in [-0.3, -0.25) is 4.79 Å². The third-order valence-corrected chi connectivity index (χ3v) is 3.97. The van der Waals surface area contributed by atoms with Crippen LogP contribution in [0, 0.1) is 6.92 Å². The Morgan fingerprint density at radius 1 is 1.33 bits per heavy atom. The van der Waals surface area contributed by atoms with Gasteiger partial charge in [0.1, 0.15) is 6.10 Å². The topological polar surface area (TPSA) is 64.5 Å². The Kier molecular flexibility index (Phi) is 5.17. The lowest BCUT2D eigenvalue weighted by Crippen LogP contribution is -2.42. The normalized spacial score (nSPS) is 17.8. The first-order valence-corrected chi connectivity index (χ1v) is 7.95. The monoisotopic (exact) mass is 327 g/mol. The second-order valence-electron chi connectivity index (χ2n) is 5.80. The number of hydrogen-bond acceptors (Lipinski definition) is 5. The van der Waals surface area contributed by atoms with E-state index in [2.05, 4.69) is 9.97 Å². The molecule has 2 aromatic rings. The highest BCUT2D eigenvalue weighted by Gasteiger charge is 2.27. The molecule has 2 heterocycles. The van der Waals surface area contributed by atoms with Crippen molar-refractivity contribution >= 4 is 5.91 Å². The number of methoxy groups -OCH3 is 1. The van der Waals surface area contributed by atoms with Crippen LogP contribution in [0.3, 0.4) is 0 Å². The molecule has 0 aliphatic carbocycles. The van der Waals surface area contributed by atoms with Gasteiger partial charge in [-0.15, -0.1) is 0 Å². The Balaban J connectivity index is 1.70. The van der Waals surface area contributed by atoms with Crippen LogP contribution in [0.25, 0.3) is 0 Å². The summed E-state index contributed by atoms with van der Waals surface area (Å²) in [5.74, 6) is 0.628. The SMILES string of the molecule is COCc1ccc(C(=O)N2CCOC(c3nccc(C)n3)C2)cc1. The molecule has 1 amide bonds. The molecule has 0 spiro atoms. The molecule has 1 saturated heterocycles. The maximum atomic E-state index is 12.7. The van der Waals surface area contributed by atoms with Gasteiger partial charge >= 0.3 is 0 Å². The predicted molar refractivity (Wildman–Crippen MR) is 88.5 cm³/mol. The molecule has 1 aromatic carbocycles. The number of morpholine rings is 1. The molecule has 1 atom stereocenters. The van der Waals surface area contributed by atoms with Crippen LogP contribution in [0.1, 0.15) is 33.5 Å². The van der Waals surface area contributed by atoms with E-state index in [9.17, 15) is 4.79 Å². The van der Waals surface area contributed by atoms with E-state index in [4.69, 9.17) is 9.47 Å². The molecule has 0 N–H and O–H groups in total. The van der Waals surface area contributed by atoms with Crippen LogP contribution in [0.5, 0.6) is 0 Å². The number of rotatable bonds is 4. The molecule has 1 fully saturated rings. The molecule has 1 aliphatic rings. The van der Waals surface area contributed by atoms with Crippen LogP contribution in [0.4, 0.5) is 0 Å². The molecule has 126 valence electrons. The molecule has 24 heavy (non-hydrogen) atoms. The summed E-state index contributed by atoms with van der Waals surface area (Å²) in [6, 6.07) is 9.35. The Morgan fingerprint density at radius 2 is 2.12 bits per heavy atom. The van der Waals surface area contributed by atoms with Crippen molar-refractivity contribution in [1.29, 1.82) is 0 Å². The van der Waals surface area contributed by atoms with Gasteiger partial charge in [-0.1, -0.05) is 12.1 Å². The third kappa shape index (κ3) is 3.77. The lowest BCUT2D eigenvalue weighted by molar-refractivity contribution is -0.0268. The quantitative estimate of drug-likeness (QED) is 0.861. The number of amides is 1. The highest BCUT2D eigenvalue weighted by molar-refractivity contribution is 5.94. The molecule has 0 bridgehead atoms. The van der Waals surface area contributed by atoms with Crippen molar-refractivity contribution in [3.05, 3.63) is 59.2 Å². The summed E-state index contributed by atoms with van der Waals surface area (Å²) in [7, 11) is 1.65. The largest absolute Gasteiger partial charge is 0.380 e. The van der Waals surface area contributed by atoms with E-state index < -0.39 is 0 Å². The average molecular weight is 327 g/mol. The average Bonchev–Trinajstić information content (AvgIpc) is 2.62. The number of hydrogen-bond donors (Lipinski definition) is 0. The maximum absolute atomic E-state index is 12.7. The first-order chi connectivity index (χ1) is 11.7. The zero-order chi connectivity index (χ0) is 16.9. The summed E-state index contributed by atoms with van der Waals surface area (Å²) in [6.45, 7) is 3.97. The van der Waals surface area contributed by atoms with Crippen LogP contribution < -0.4 is 0 Å². The highest BCUT2D eigenvalue weighted by Crippen LogP contribution is 2.21. The van der Waals surface area contributed by atoms with Crippen LogP contribution >= 0.6 is 0 Å². The van der Waals surface area contributed by atoms with Gasteiger partial charge in [0.15, 0.2) is 5.82 Å². The molecule has 1 aromatic heterocycles. The summed E-state index contributed by atoms with van der Waals surface area (Å²) < 4.78 is 10.8. The third-order valence-electron chi connectivity index (χ3n) is 3.97. The fourth-order valence-corrected chi connectivity index (χ4v) is 2.71. The second kappa shape index (κ2) is 7.51. The summed E-state index contributed by atoms with van der Waals surface area (Å²) in [6.07, 6.45) is 1.44. The zero-order valence-corrected chi connectivity index (χ0v) is 13.9. The van der Waals surface area contributed by atoms with E-state index in [1.165, 1.54) is 0 Å². The van der Waals surface area contributed by atoms with Crippen LogP contribution in [0.15, 0.2) is 36.5 Å². The van der Waals surface area contributed by atoms with Crippen molar-refractivity contribution in [3.8, 4) is 0 Å². The summed E-state index contributed by atoms with van der Waals surface area (Å²) in [4.78, 5) is 23.2. The zero-order valence-electron chi connectivity index (χ0n) is 13.9. The van der Waals surface area contributed by atoms with E-state index in [1.807, 2.05) is 37.3 Å². The number of ether oxygens (including phenoxy) is 2. The summed E-state index contributed by atoms with van der Waals surface area (Å²) >= 11 is 0. The number of benzene rings is 1. The van der Waals surface area contributed by atoms with Crippen molar-refractivity contribution < 1.29 is 14.3 Å². The van der Waals surface area contributed by atoms with E-state index in [-0.39, 0.29) is 12.0 Å². The van der Waals surface area contributed by atoms with Gasteiger partial charge in [-0.05, 0) is 30.7 Å². The molecular weight excluding hydrogens is 306 g/mol. The number of carbonyl (C=O) groups is 1. The molecule has 3 rings (SSSR count). The van der Waals surface area contributed by atoms with Gasteiger partial charge in [0.25, 0.3) is 5.91 Å². The smallest absolute Gasteiger partial charge is 0.254 e. The molecule has 0 radical (unpaired) electrons. The second-order valence-corrected chi connectivity index (χ2v) is 5.80. The predicted octanol–water partition coefficient (Wildman–Crippen LogP) is 2.15. The van der Waals surface area contributed by atoms with Gasteiger partial charge in [-0.2, -0.15) is 0 Å². The van der Waals surface area contributed by atoms with Gasteiger partial charge in [-0.25, -0.2) is 9.97 Å². The lowest BCUT2D eigenvalue weighted by Gasteiger charge is -2.32. The van der Waals surface area contributed by atoms with Crippen molar-refractivity contribution in [1.82, 2.24) is 14.9 Å².